The highest BCUT2D eigenvalue weighted by atomic mass is 16.5. The minimum atomic E-state index is -0.847. The van der Waals surface area contributed by atoms with Gasteiger partial charge in [0.2, 0.25) is 5.88 Å². The first-order valence-electron chi connectivity index (χ1n) is 9.73. The van der Waals surface area contributed by atoms with Crippen molar-refractivity contribution in [3.63, 3.8) is 0 Å². The molecule has 0 saturated carbocycles. The Morgan fingerprint density at radius 1 is 0.882 bits per heavy atom. The Kier molecular flexibility index (Phi) is 7.84. The first-order chi connectivity index (χ1) is 16.4. The van der Waals surface area contributed by atoms with Gasteiger partial charge in [0.05, 0.1) is 31.5 Å². The smallest absolute Gasteiger partial charge is 0.344 e. The highest BCUT2D eigenvalue weighted by Crippen LogP contribution is 2.23. The molecule has 11 nitrogen and oxygen atoms in total. The lowest BCUT2D eigenvalue weighted by Crippen LogP contribution is -2.22. The van der Waals surface area contributed by atoms with E-state index in [9.17, 15) is 19.2 Å². The largest absolute Gasteiger partial charge is 0.465 e. The second-order valence-electron chi connectivity index (χ2n) is 6.55. The van der Waals surface area contributed by atoms with E-state index in [1.54, 1.807) is 18.3 Å². The van der Waals surface area contributed by atoms with Crippen molar-refractivity contribution in [2.24, 2.45) is 0 Å². The topological polar surface area (TPSA) is 143 Å². The van der Waals surface area contributed by atoms with Crippen molar-refractivity contribution >= 4 is 29.5 Å². The zero-order valence-electron chi connectivity index (χ0n) is 18.1. The van der Waals surface area contributed by atoms with E-state index in [0.717, 1.165) is 0 Å². The predicted molar refractivity (Wildman–Crippen MR) is 117 cm³/mol. The Bertz CT molecular complexity index is 1180. The summed E-state index contributed by atoms with van der Waals surface area (Å²) in [6, 6.07) is 10.1. The Hall–Kier alpha value is -4.80. The van der Waals surface area contributed by atoms with Gasteiger partial charge in [-0.15, -0.1) is 0 Å². The van der Waals surface area contributed by atoms with Crippen molar-refractivity contribution < 1.29 is 38.1 Å². The second-order valence-corrected chi connectivity index (χ2v) is 6.55. The van der Waals surface area contributed by atoms with Crippen LogP contribution in [0.3, 0.4) is 0 Å². The normalized spacial score (nSPS) is 10.1. The van der Waals surface area contributed by atoms with Crippen LogP contribution in [0.15, 0.2) is 61.1 Å². The van der Waals surface area contributed by atoms with E-state index in [1.165, 1.54) is 56.9 Å². The van der Waals surface area contributed by atoms with E-state index >= 15 is 0 Å². The minimum absolute atomic E-state index is 0.000167. The van der Waals surface area contributed by atoms with E-state index in [2.05, 4.69) is 24.8 Å². The molecular weight excluding hydrogens is 446 g/mol. The molecule has 0 bridgehead atoms. The number of hydrogen-bond acceptors (Lipinski definition) is 10. The van der Waals surface area contributed by atoms with Crippen LogP contribution in [0.25, 0.3) is 0 Å². The minimum Gasteiger partial charge on any atom is -0.465 e. The van der Waals surface area contributed by atoms with Crippen molar-refractivity contribution in [3.05, 3.63) is 77.7 Å². The molecule has 11 heteroatoms. The number of amides is 1. The molecular formula is C23H19N3O8. The summed E-state index contributed by atoms with van der Waals surface area (Å²) in [7, 11) is 2.35. The number of esters is 3. The van der Waals surface area contributed by atoms with Gasteiger partial charge in [-0.25, -0.2) is 19.4 Å². The lowest BCUT2D eigenvalue weighted by atomic mass is 10.1. The lowest BCUT2D eigenvalue weighted by molar-refractivity contribution is -0.119. The Labute approximate surface area is 193 Å². The van der Waals surface area contributed by atoms with Gasteiger partial charge in [0.15, 0.2) is 6.61 Å². The Balaban J connectivity index is 1.68. The summed E-state index contributed by atoms with van der Waals surface area (Å²) in [6.45, 7) is -0.657. The second kappa shape index (κ2) is 11.2. The van der Waals surface area contributed by atoms with Gasteiger partial charge < -0.3 is 24.3 Å². The number of carbonyl (C=O) groups excluding carboxylic acids is 4. The summed E-state index contributed by atoms with van der Waals surface area (Å²) in [4.78, 5) is 56.5. The fourth-order valence-electron chi connectivity index (χ4n) is 2.72. The lowest BCUT2D eigenvalue weighted by Gasteiger charge is -2.11. The zero-order chi connectivity index (χ0) is 24.5. The summed E-state index contributed by atoms with van der Waals surface area (Å²) < 4.78 is 19.9. The number of nitrogens with one attached hydrogen (secondary N) is 1. The van der Waals surface area contributed by atoms with Crippen molar-refractivity contribution in [1.29, 1.82) is 0 Å². The molecule has 3 aromatic rings. The number of pyridine rings is 2. The van der Waals surface area contributed by atoms with Crippen molar-refractivity contribution in [2.45, 2.75) is 0 Å². The Morgan fingerprint density at radius 2 is 1.56 bits per heavy atom. The van der Waals surface area contributed by atoms with Crippen LogP contribution in [0.2, 0.25) is 0 Å². The number of nitrogens with zero attached hydrogens (tertiary/aromatic N) is 2. The number of rotatable bonds is 8. The maximum Gasteiger partial charge on any atom is 0.344 e. The van der Waals surface area contributed by atoms with Gasteiger partial charge in [-0.2, -0.15) is 0 Å². The summed E-state index contributed by atoms with van der Waals surface area (Å²) in [5.41, 5.74) is 0.140. The van der Waals surface area contributed by atoms with Crippen LogP contribution in [0.1, 0.15) is 31.1 Å². The highest BCUT2D eigenvalue weighted by Gasteiger charge is 2.19. The molecule has 0 aliphatic carbocycles. The zero-order valence-corrected chi connectivity index (χ0v) is 18.1. The van der Waals surface area contributed by atoms with E-state index in [0.29, 0.717) is 5.75 Å². The summed E-state index contributed by atoms with van der Waals surface area (Å²) in [5.74, 6) is -2.66. The monoisotopic (exact) mass is 465 g/mol. The quantitative estimate of drug-likeness (QED) is 0.389. The molecule has 1 aromatic carbocycles. The van der Waals surface area contributed by atoms with Crippen LogP contribution in [0.4, 0.5) is 5.69 Å². The first kappa shape index (κ1) is 23.9. The van der Waals surface area contributed by atoms with Crippen LogP contribution in [0, 0.1) is 0 Å². The molecule has 34 heavy (non-hydrogen) atoms. The number of hydrogen-bond donors (Lipinski definition) is 1. The number of aromatic nitrogens is 2. The van der Waals surface area contributed by atoms with Gasteiger partial charge in [-0.05, 0) is 42.5 Å². The molecule has 0 radical (unpaired) electrons. The third-order valence-electron chi connectivity index (χ3n) is 4.23. The molecule has 2 aromatic heterocycles. The molecule has 0 atom stereocenters. The summed E-state index contributed by atoms with van der Waals surface area (Å²) >= 11 is 0. The van der Waals surface area contributed by atoms with E-state index < -0.39 is 30.4 Å². The molecule has 2 heterocycles. The molecule has 1 N–H and O–H groups in total. The number of anilines is 1. The average Bonchev–Trinajstić information content (AvgIpc) is 2.87. The van der Waals surface area contributed by atoms with Crippen molar-refractivity contribution in [3.8, 4) is 11.6 Å². The molecule has 0 unspecified atom stereocenters. The summed E-state index contributed by atoms with van der Waals surface area (Å²) in [6.07, 6.45) is 4.44. The fraction of sp³-hybridized carbons (Fsp3) is 0.130. The van der Waals surface area contributed by atoms with Gasteiger partial charge in [0.25, 0.3) is 5.91 Å². The summed E-state index contributed by atoms with van der Waals surface area (Å²) in [5, 5.41) is 2.46. The predicted octanol–water partition coefficient (Wildman–Crippen LogP) is 2.64. The molecule has 0 spiro atoms. The maximum absolute atomic E-state index is 12.5. The van der Waals surface area contributed by atoms with Gasteiger partial charge >= 0.3 is 17.9 Å². The van der Waals surface area contributed by atoms with E-state index in [-0.39, 0.29) is 28.3 Å². The van der Waals surface area contributed by atoms with Gasteiger partial charge in [0, 0.05) is 18.1 Å². The fourth-order valence-corrected chi connectivity index (χ4v) is 2.72. The maximum atomic E-state index is 12.5. The molecule has 0 saturated heterocycles. The third-order valence-corrected chi connectivity index (χ3v) is 4.23. The van der Waals surface area contributed by atoms with Crippen LogP contribution < -0.4 is 10.1 Å². The number of benzene rings is 1. The van der Waals surface area contributed by atoms with E-state index in [1.807, 2.05) is 0 Å². The highest BCUT2D eigenvalue weighted by molar-refractivity contribution is 6.00. The number of ether oxygens (including phenoxy) is 4. The van der Waals surface area contributed by atoms with Gasteiger partial charge in [-0.3, -0.25) is 9.78 Å². The molecule has 0 aliphatic rings. The SMILES string of the molecule is COC(=O)c1cc(NC(=O)COC(=O)c2cccnc2Oc2cccnc2)cc(C(=O)OC)c1. The van der Waals surface area contributed by atoms with Crippen LogP contribution >= 0.6 is 0 Å². The number of methoxy groups -OCH3 is 2. The van der Waals surface area contributed by atoms with Crippen LogP contribution in [0.5, 0.6) is 11.6 Å². The van der Waals surface area contributed by atoms with Gasteiger partial charge in [-0.1, -0.05) is 0 Å². The average molecular weight is 465 g/mol. The molecule has 1 amide bonds. The van der Waals surface area contributed by atoms with Crippen LogP contribution in [-0.2, 0) is 19.0 Å². The van der Waals surface area contributed by atoms with Crippen LogP contribution in [-0.4, -0.2) is 54.6 Å². The standard InChI is InChI=1S/C23H19N3O8/c1-31-21(28)14-9-15(22(29)32-2)11-16(10-14)26-19(27)13-33-23(30)18-6-4-8-25-20(18)34-17-5-3-7-24-12-17/h3-12H,13H2,1-2H3,(H,26,27). The number of carbonyl (C=O) groups is 4. The van der Waals surface area contributed by atoms with Gasteiger partial charge in [0.1, 0.15) is 11.3 Å². The molecule has 0 aliphatic heterocycles. The third kappa shape index (κ3) is 6.13. The Morgan fingerprint density at radius 3 is 2.18 bits per heavy atom. The first-order valence-corrected chi connectivity index (χ1v) is 9.73. The molecule has 174 valence electrons. The van der Waals surface area contributed by atoms with Crippen molar-refractivity contribution in [2.75, 3.05) is 26.1 Å². The van der Waals surface area contributed by atoms with E-state index in [4.69, 9.17) is 9.47 Å². The molecule has 3 rings (SSSR count). The molecule has 0 fully saturated rings. The van der Waals surface area contributed by atoms with Crippen molar-refractivity contribution in [1.82, 2.24) is 9.97 Å².